The third-order valence-electron chi connectivity index (χ3n) is 2.57. The lowest BCUT2D eigenvalue weighted by Gasteiger charge is -2.14. The van der Waals surface area contributed by atoms with Crippen molar-refractivity contribution < 1.29 is 39.6 Å². The Kier molecular flexibility index (Phi) is 3.32. The normalized spacial score (nSPS) is 32.0. The van der Waals surface area contributed by atoms with Crippen LogP contribution in [0.15, 0.2) is 0 Å². The van der Waals surface area contributed by atoms with Crippen LogP contribution in [-0.2, 0) is 19.2 Å². The minimum Gasteiger partial charge on any atom is -0.481 e. The third-order valence-corrected chi connectivity index (χ3v) is 2.57. The zero-order valence-electron chi connectivity index (χ0n) is 8.23. The number of aliphatic carboxylic acids is 4. The van der Waals surface area contributed by atoms with Crippen molar-refractivity contribution in [3.8, 4) is 0 Å². The van der Waals surface area contributed by atoms with E-state index in [1.54, 1.807) is 0 Å². The Labute approximate surface area is 93.7 Å². The molecule has 0 aliphatic carbocycles. The van der Waals surface area contributed by atoms with Crippen molar-refractivity contribution in [3.63, 3.8) is 0 Å². The Morgan fingerprint density at radius 2 is 0.941 bits per heavy atom. The van der Waals surface area contributed by atoms with Gasteiger partial charge in [-0.2, -0.15) is 0 Å². The van der Waals surface area contributed by atoms with Crippen LogP contribution in [0.1, 0.15) is 0 Å². The molecule has 0 bridgehead atoms. The molecule has 9 nitrogen and oxygen atoms in total. The van der Waals surface area contributed by atoms with E-state index in [0.717, 1.165) is 0 Å². The van der Waals surface area contributed by atoms with Crippen LogP contribution in [0.4, 0.5) is 0 Å². The quantitative estimate of drug-likeness (QED) is 0.374. The van der Waals surface area contributed by atoms with Gasteiger partial charge in [0.2, 0.25) is 0 Å². The zero-order valence-corrected chi connectivity index (χ0v) is 8.23. The molecule has 4 atom stereocenters. The van der Waals surface area contributed by atoms with Crippen LogP contribution in [0, 0.1) is 11.8 Å². The van der Waals surface area contributed by atoms with Gasteiger partial charge in [0.1, 0.15) is 12.1 Å². The molecule has 1 saturated heterocycles. The molecule has 0 aromatic carbocycles. The monoisotopic (exact) mass is 247 g/mol. The highest BCUT2D eigenvalue weighted by atomic mass is 16.4. The summed E-state index contributed by atoms with van der Waals surface area (Å²) >= 11 is 0. The molecule has 1 heterocycles. The van der Waals surface area contributed by atoms with Gasteiger partial charge in [-0.25, -0.2) is 0 Å². The lowest BCUT2D eigenvalue weighted by atomic mass is 9.87. The van der Waals surface area contributed by atoms with Gasteiger partial charge in [0.05, 0.1) is 11.8 Å². The van der Waals surface area contributed by atoms with Gasteiger partial charge >= 0.3 is 23.9 Å². The molecule has 0 radical (unpaired) electrons. The van der Waals surface area contributed by atoms with Gasteiger partial charge in [-0.15, -0.1) is 0 Å². The summed E-state index contributed by atoms with van der Waals surface area (Å²) in [6.45, 7) is 0. The second kappa shape index (κ2) is 4.37. The van der Waals surface area contributed by atoms with Gasteiger partial charge < -0.3 is 20.4 Å². The molecule has 0 aromatic heterocycles. The molecule has 1 fully saturated rings. The van der Waals surface area contributed by atoms with Crippen LogP contribution < -0.4 is 5.32 Å². The molecular weight excluding hydrogens is 238 g/mol. The summed E-state index contributed by atoms with van der Waals surface area (Å²) in [5, 5.41) is 37.0. The fraction of sp³-hybridized carbons (Fsp3) is 0.500. The Morgan fingerprint density at radius 1 is 0.647 bits per heavy atom. The first-order valence-electron chi connectivity index (χ1n) is 4.44. The minimum absolute atomic E-state index is 1.60. The van der Waals surface area contributed by atoms with Crippen molar-refractivity contribution in [2.75, 3.05) is 0 Å². The number of nitrogens with one attached hydrogen (secondary N) is 1. The second-order valence-electron chi connectivity index (χ2n) is 3.53. The fourth-order valence-electron chi connectivity index (χ4n) is 1.86. The lowest BCUT2D eigenvalue weighted by molar-refractivity contribution is -0.157. The molecule has 0 aromatic rings. The molecule has 5 N–H and O–H groups in total. The van der Waals surface area contributed by atoms with Gasteiger partial charge in [0.15, 0.2) is 0 Å². The van der Waals surface area contributed by atoms with E-state index in [9.17, 15) is 19.2 Å². The summed E-state index contributed by atoms with van der Waals surface area (Å²) < 4.78 is 0. The summed E-state index contributed by atoms with van der Waals surface area (Å²) in [5.74, 6) is -10.2. The van der Waals surface area contributed by atoms with E-state index in [1.807, 2.05) is 5.32 Å². The largest absolute Gasteiger partial charge is 0.481 e. The summed E-state index contributed by atoms with van der Waals surface area (Å²) in [6.07, 6.45) is 0. The zero-order chi connectivity index (χ0) is 13.3. The minimum atomic E-state index is -1.83. The number of carboxylic acid groups (broad SMARTS) is 4. The first-order valence-corrected chi connectivity index (χ1v) is 4.44. The smallest absolute Gasteiger partial charge is 0.321 e. The van der Waals surface area contributed by atoms with Crippen LogP contribution in [0.5, 0.6) is 0 Å². The van der Waals surface area contributed by atoms with Crippen molar-refractivity contribution in [3.05, 3.63) is 0 Å². The van der Waals surface area contributed by atoms with Crippen LogP contribution >= 0.6 is 0 Å². The molecule has 0 saturated carbocycles. The maximum atomic E-state index is 10.8. The molecule has 1 aliphatic heterocycles. The maximum Gasteiger partial charge on any atom is 0.321 e. The molecule has 0 amide bonds. The number of carbonyl (C=O) groups is 4. The first kappa shape index (κ1) is 12.9. The van der Waals surface area contributed by atoms with Gasteiger partial charge in [-0.1, -0.05) is 0 Å². The summed E-state index contributed by atoms with van der Waals surface area (Å²) in [7, 11) is 0. The van der Waals surface area contributed by atoms with E-state index in [0.29, 0.717) is 0 Å². The van der Waals surface area contributed by atoms with Crippen LogP contribution in [0.25, 0.3) is 0 Å². The topological polar surface area (TPSA) is 161 Å². The summed E-state index contributed by atoms with van der Waals surface area (Å²) in [6, 6.07) is -3.48. The third kappa shape index (κ3) is 2.18. The van der Waals surface area contributed by atoms with Crippen molar-refractivity contribution in [1.29, 1.82) is 0 Å². The molecule has 1 rings (SSSR count). The standard InChI is InChI=1S/C8H9NO8/c10-5(11)1-2(6(12)13)4(8(16)17)9-3(1)7(14)15/h1-4,9H,(H,10,11)(H,12,13)(H,14,15)(H,16,17)/t1-,2-,3-,4-/m1/s1. The lowest BCUT2D eigenvalue weighted by Crippen LogP contribution is -2.42. The van der Waals surface area contributed by atoms with E-state index >= 15 is 0 Å². The summed E-state index contributed by atoms with van der Waals surface area (Å²) in [4.78, 5) is 43.2. The number of hydrogen-bond donors (Lipinski definition) is 5. The Balaban J connectivity index is 3.17. The molecule has 94 valence electrons. The van der Waals surface area contributed by atoms with Crippen LogP contribution in [-0.4, -0.2) is 56.4 Å². The van der Waals surface area contributed by atoms with Crippen molar-refractivity contribution in [2.45, 2.75) is 12.1 Å². The van der Waals surface area contributed by atoms with Crippen LogP contribution in [0.3, 0.4) is 0 Å². The summed E-state index contributed by atoms with van der Waals surface area (Å²) in [5.41, 5.74) is 0. The van der Waals surface area contributed by atoms with E-state index in [1.165, 1.54) is 0 Å². The number of carboxylic acids is 4. The average Bonchev–Trinajstić information content (AvgIpc) is 2.56. The molecular formula is C8H9NO8. The average molecular weight is 247 g/mol. The second-order valence-corrected chi connectivity index (χ2v) is 3.53. The van der Waals surface area contributed by atoms with Crippen molar-refractivity contribution in [1.82, 2.24) is 5.32 Å². The molecule has 1 aliphatic rings. The number of rotatable bonds is 4. The van der Waals surface area contributed by atoms with E-state index in [-0.39, 0.29) is 0 Å². The van der Waals surface area contributed by atoms with E-state index in [2.05, 4.69) is 0 Å². The molecule has 0 unspecified atom stereocenters. The highest BCUT2D eigenvalue weighted by Crippen LogP contribution is 2.29. The Bertz CT molecular complexity index is 355. The van der Waals surface area contributed by atoms with Crippen LogP contribution in [0.2, 0.25) is 0 Å². The van der Waals surface area contributed by atoms with Gasteiger partial charge in [0, 0.05) is 0 Å². The van der Waals surface area contributed by atoms with Gasteiger partial charge in [-0.3, -0.25) is 24.5 Å². The Morgan fingerprint density at radius 3 is 1.12 bits per heavy atom. The fourth-order valence-corrected chi connectivity index (χ4v) is 1.86. The van der Waals surface area contributed by atoms with Gasteiger partial charge in [-0.05, 0) is 0 Å². The van der Waals surface area contributed by atoms with Gasteiger partial charge in [0.25, 0.3) is 0 Å². The van der Waals surface area contributed by atoms with Crippen molar-refractivity contribution in [2.24, 2.45) is 11.8 Å². The van der Waals surface area contributed by atoms with Crippen molar-refractivity contribution >= 4 is 23.9 Å². The molecule has 9 heteroatoms. The predicted molar refractivity (Wildman–Crippen MR) is 48.2 cm³/mol. The molecule has 17 heavy (non-hydrogen) atoms. The van der Waals surface area contributed by atoms with E-state index < -0.39 is 47.8 Å². The SMILES string of the molecule is O=C(O)[C@@H]1[C@@H](C(=O)O)[C@H](C(=O)O)N[C@H]1C(=O)O. The molecule has 0 spiro atoms. The maximum absolute atomic E-state index is 10.8. The number of hydrogen-bond acceptors (Lipinski definition) is 5. The highest BCUT2D eigenvalue weighted by molar-refractivity contribution is 5.93. The Hall–Kier alpha value is -2.16. The highest BCUT2D eigenvalue weighted by Gasteiger charge is 2.56. The van der Waals surface area contributed by atoms with E-state index in [4.69, 9.17) is 20.4 Å². The predicted octanol–water partition coefficient (Wildman–Crippen LogP) is -2.10. The first-order chi connectivity index (χ1) is 7.77.